The number of amides is 1. The molecule has 0 spiro atoms. The SMILES string of the molecule is O=C(NC1CCCCC1)[C@@H]1COC(c2ccc(OC(F)(F)F)cc2)=N1. The summed E-state index contributed by atoms with van der Waals surface area (Å²) in [4.78, 5) is 16.5. The average Bonchev–Trinajstić information content (AvgIpc) is 3.05. The number of hydrogen-bond donors (Lipinski definition) is 1. The van der Waals surface area contributed by atoms with Crippen molar-refractivity contribution in [2.75, 3.05) is 6.61 Å². The van der Waals surface area contributed by atoms with Gasteiger partial charge < -0.3 is 14.8 Å². The first-order valence-electron chi connectivity index (χ1n) is 8.28. The van der Waals surface area contributed by atoms with Gasteiger partial charge in [0.2, 0.25) is 11.8 Å². The quantitative estimate of drug-likeness (QED) is 0.901. The van der Waals surface area contributed by atoms with E-state index in [2.05, 4.69) is 15.0 Å². The Morgan fingerprint density at radius 1 is 1.16 bits per heavy atom. The molecule has 1 fully saturated rings. The molecule has 0 saturated heterocycles. The van der Waals surface area contributed by atoms with Crippen LogP contribution in [0, 0.1) is 0 Å². The van der Waals surface area contributed by atoms with Crippen molar-refractivity contribution in [1.29, 1.82) is 0 Å². The second-order valence-electron chi connectivity index (χ2n) is 6.18. The van der Waals surface area contributed by atoms with Crippen LogP contribution in [-0.4, -0.2) is 36.9 Å². The Morgan fingerprint density at radius 3 is 2.48 bits per heavy atom. The van der Waals surface area contributed by atoms with Crippen LogP contribution in [0.2, 0.25) is 0 Å². The first-order chi connectivity index (χ1) is 11.9. The van der Waals surface area contributed by atoms with Gasteiger partial charge in [0.1, 0.15) is 12.4 Å². The molecule has 136 valence electrons. The summed E-state index contributed by atoms with van der Waals surface area (Å²) in [5, 5.41) is 3.00. The minimum absolute atomic E-state index is 0.134. The van der Waals surface area contributed by atoms with Crippen molar-refractivity contribution < 1.29 is 27.4 Å². The molecule has 0 aromatic heterocycles. The zero-order chi connectivity index (χ0) is 17.9. The second-order valence-corrected chi connectivity index (χ2v) is 6.18. The number of benzene rings is 1. The zero-order valence-corrected chi connectivity index (χ0v) is 13.5. The molecule has 1 saturated carbocycles. The maximum Gasteiger partial charge on any atom is 0.573 e. The predicted molar refractivity (Wildman–Crippen MR) is 84.4 cm³/mol. The van der Waals surface area contributed by atoms with Crippen molar-refractivity contribution in [1.82, 2.24) is 5.32 Å². The summed E-state index contributed by atoms with van der Waals surface area (Å²) < 4.78 is 45.7. The topological polar surface area (TPSA) is 59.9 Å². The van der Waals surface area contributed by atoms with E-state index in [0.717, 1.165) is 25.7 Å². The Balaban J connectivity index is 1.59. The Morgan fingerprint density at radius 2 is 1.84 bits per heavy atom. The van der Waals surface area contributed by atoms with Crippen molar-refractivity contribution in [3.8, 4) is 5.75 Å². The van der Waals surface area contributed by atoms with E-state index in [1.165, 1.54) is 30.7 Å². The number of carbonyl (C=O) groups excluding carboxylic acids is 1. The molecule has 8 heteroatoms. The van der Waals surface area contributed by atoms with Crippen LogP contribution >= 0.6 is 0 Å². The number of hydrogen-bond acceptors (Lipinski definition) is 4. The molecule has 1 atom stereocenters. The highest BCUT2D eigenvalue weighted by Gasteiger charge is 2.31. The van der Waals surface area contributed by atoms with Crippen molar-refractivity contribution in [3.05, 3.63) is 29.8 Å². The fraction of sp³-hybridized carbons (Fsp3) is 0.529. The lowest BCUT2D eigenvalue weighted by Crippen LogP contribution is -2.42. The zero-order valence-electron chi connectivity index (χ0n) is 13.5. The highest BCUT2D eigenvalue weighted by Crippen LogP contribution is 2.24. The van der Waals surface area contributed by atoms with Crippen LogP contribution in [0.4, 0.5) is 13.2 Å². The molecule has 1 N–H and O–H groups in total. The summed E-state index contributed by atoms with van der Waals surface area (Å²) in [5.41, 5.74) is 0.502. The number of carbonyl (C=O) groups is 1. The summed E-state index contributed by atoms with van der Waals surface area (Å²) in [7, 11) is 0. The summed E-state index contributed by atoms with van der Waals surface area (Å²) in [6.07, 6.45) is 0.674. The van der Waals surface area contributed by atoms with Crippen molar-refractivity contribution in [2.24, 2.45) is 4.99 Å². The number of alkyl halides is 3. The number of halogens is 3. The Bertz CT molecular complexity index is 638. The van der Waals surface area contributed by atoms with Gasteiger partial charge in [0.05, 0.1) is 0 Å². The van der Waals surface area contributed by atoms with Gasteiger partial charge in [0.25, 0.3) is 0 Å². The summed E-state index contributed by atoms with van der Waals surface area (Å²) in [6, 6.07) is 4.78. The lowest BCUT2D eigenvalue weighted by atomic mass is 9.95. The number of nitrogens with zero attached hydrogens (tertiary/aromatic N) is 1. The van der Waals surface area contributed by atoms with Crippen LogP contribution in [0.5, 0.6) is 5.75 Å². The number of ether oxygens (including phenoxy) is 2. The fourth-order valence-electron chi connectivity index (χ4n) is 3.01. The highest BCUT2D eigenvalue weighted by molar-refractivity contribution is 5.98. The van der Waals surface area contributed by atoms with Crippen molar-refractivity contribution in [2.45, 2.75) is 50.6 Å². The number of nitrogens with one attached hydrogen (secondary N) is 1. The van der Waals surface area contributed by atoms with E-state index < -0.39 is 12.4 Å². The van der Waals surface area contributed by atoms with Crippen LogP contribution in [-0.2, 0) is 9.53 Å². The summed E-state index contributed by atoms with van der Waals surface area (Å²) in [6.45, 7) is 0.134. The van der Waals surface area contributed by atoms with Crippen LogP contribution < -0.4 is 10.1 Å². The third-order valence-electron chi connectivity index (χ3n) is 4.24. The Labute approximate surface area is 143 Å². The molecule has 0 unspecified atom stereocenters. The van der Waals surface area contributed by atoms with Crippen LogP contribution in [0.15, 0.2) is 29.3 Å². The van der Waals surface area contributed by atoms with E-state index in [4.69, 9.17) is 4.74 Å². The van der Waals surface area contributed by atoms with E-state index in [9.17, 15) is 18.0 Å². The molecule has 25 heavy (non-hydrogen) atoms. The van der Waals surface area contributed by atoms with Gasteiger partial charge in [-0.15, -0.1) is 13.2 Å². The molecule has 0 bridgehead atoms. The van der Waals surface area contributed by atoms with Gasteiger partial charge in [0.15, 0.2) is 6.04 Å². The van der Waals surface area contributed by atoms with Crippen molar-refractivity contribution in [3.63, 3.8) is 0 Å². The summed E-state index contributed by atoms with van der Waals surface area (Å²) in [5.74, 6) is -0.234. The van der Waals surface area contributed by atoms with Gasteiger partial charge >= 0.3 is 6.36 Å². The molecule has 1 aliphatic heterocycles. The lowest BCUT2D eigenvalue weighted by molar-refractivity contribution is -0.274. The Kier molecular flexibility index (Phi) is 5.15. The molecule has 1 aromatic rings. The van der Waals surface area contributed by atoms with Gasteiger partial charge in [-0.25, -0.2) is 4.99 Å². The standard InChI is InChI=1S/C17H19F3N2O3/c18-17(19,20)25-13-8-6-11(7-9-13)16-22-14(10-24-16)15(23)21-12-4-2-1-3-5-12/h6-9,12,14H,1-5,10H2,(H,21,23)/t14-/m0/s1. The smallest absolute Gasteiger partial charge is 0.475 e. The minimum atomic E-state index is -4.73. The van der Waals surface area contributed by atoms with Crippen LogP contribution in [0.1, 0.15) is 37.7 Å². The fourth-order valence-corrected chi connectivity index (χ4v) is 3.01. The van der Waals surface area contributed by atoms with E-state index in [1.54, 1.807) is 0 Å². The molecule has 0 radical (unpaired) electrons. The molecule has 1 amide bonds. The number of rotatable bonds is 4. The van der Waals surface area contributed by atoms with Crippen LogP contribution in [0.3, 0.4) is 0 Å². The van der Waals surface area contributed by atoms with E-state index in [0.29, 0.717) is 5.56 Å². The van der Waals surface area contributed by atoms with Gasteiger partial charge in [-0.3, -0.25) is 4.79 Å². The van der Waals surface area contributed by atoms with Gasteiger partial charge in [-0.2, -0.15) is 0 Å². The molecule has 1 aliphatic carbocycles. The molecular weight excluding hydrogens is 337 g/mol. The van der Waals surface area contributed by atoms with Gasteiger partial charge in [-0.1, -0.05) is 19.3 Å². The average molecular weight is 356 g/mol. The monoisotopic (exact) mass is 356 g/mol. The van der Waals surface area contributed by atoms with E-state index in [-0.39, 0.29) is 30.2 Å². The first-order valence-corrected chi connectivity index (χ1v) is 8.28. The molecular formula is C17H19F3N2O3. The molecule has 2 aliphatic rings. The minimum Gasteiger partial charge on any atom is -0.475 e. The predicted octanol–water partition coefficient (Wildman–Crippen LogP) is 3.18. The molecule has 3 rings (SSSR count). The third-order valence-corrected chi connectivity index (χ3v) is 4.24. The first kappa shape index (κ1) is 17.6. The maximum absolute atomic E-state index is 12.3. The number of aliphatic imine (C=N–C) groups is 1. The van der Waals surface area contributed by atoms with E-state index >= 15 is 0 Å². The summed E-state index contributed by atoms with van der Waals surface area (Å²) >= 11 is 0. The normalized spacial score (nSPS) is 21.4. The lowest BCUT2D eigenvalue weighted by Gasteiger charge is -2.23. The molecule has 1 heterocycles. The van der Waals surface area contributed by atoms with Crippen molar-refractivity contribution >= 4 is 11.8 Å². The van der Waals surface area contributed by atoms with Gasteiger partial charge in [-0.05, 0) is 37.1 Å². The Hall–Kier alpha value is -2.25. The largest absolute Gasteiger partial charge is 0.573 e. The third kappa shape index (κ3) is 4.87. The van der Waals surface area contributed by atoms with Crippen LogP contribution in [0.25, 0.3) is 0 Å². The molecule has 1 aromatic carbocycles. The maximum atomic E-state index is 12.3. The second kappa shape index (κ2) is 7.33. The molecule has 5 nitrogen and oxygen atoms in total. The highest BCUT2D eigenvalue weighted by atomic mass is 19.4. The van der Waals surface area contributed by atoms with E-state index in [1.807, 2.05) is 0 Å². The van der Waals surface area contributed by atoms with Gasteiger partial charge in [0, 0.05) is 11.6 Å².